The number of hydrazine groups is 1. The fourth-order valence-corrected chi connectivity index (χ4v) is 4.43. The van der Waals surface area contributed by atoms with Crippen LogP contribution in [0.1, 0.15) is 50.6 Å². The Hall–Kier alpha value is -4.02. The standard InChI is InChI=1S/C26H24Cl2N4O6/c1-14-23-18(29-30-22(33)13-37-20-11-10-15(27)12-17(20)28)7-5-9-21(23)38-24(14)26(35)32-31-25(34)16-6-3-4-8-19(16)36-2/h3-4,6,8,10-12H,5,7,9,13H2,1-2H3,(H,30,33)(H,31,34)(H,32,35)/b29-18+. The van der Waals surface area contributed by atoms with Gasteiger partial charge in [0.2, 0.25) is 0 Å². The zero-order valence-electron chi connectivity index (χ0n) is 20.5. The van der Waals surface area contributed by atoms with Crippen molar-refractivity contribution in [2.75, 3.05) is 13.7 Å². The van der Waals surface area contributed by atoms with Crippen molar-refractivity contribution in [2.24, 2.45) is 5.10 Å². The highest BCUT2D eigenvalue weighted by molar-refractivity contribution is 6.35. The molecule has 0 unspecified atom stereocenters. The molecule has 1 aliphatic carbocycles. The Morgan fingerprint density at radius 3 is 2.55 bits per heavy atom. The van der Waals surface area contributed by atoms with Gasteiger partial charge in [-0.05, 0) is 50.1 Å². The maximum atomic E-state index is 12.8. The van der Waals surface area contributed by atoms with Gasteiger partial charge in [-0.15, -0.1) is 0 Å². The number of hydrogen-bond donors (Lipinski definition) is 3. The third-order valence-corrected chi connectivity index (χ3v) is 6.27. The number of halogens is 2. The van der Waals surface area contributed by atoms with E-state index in [1.165, 1.54) is 13.2 Å². The zero-order valence-corrected chi connectivity index (χ0v) is 22.0. The second kappa shape index (κ2) is 12.0. The van der Waals surface area contributed by atoms with Crippen LogP contribution in [0, 0.1) is 6.92 Å². The number of para-hydroxylation sites is 1. The molecule has 3 amide bonds. The van der Waals surface area contributed by atoms with Crippen molar-refractivity contribution in [3.63, 3.8) is 0 Å². The number of rotatable bonds is 7. The third-order valence-electron chi connectivity index (χ3n) is 5.74. The number of ether oxygens (including phenoxy) is 2. The summed E-state index contributed by atoms with van der Waals surface area (Å²) in [5, 5.41) is 4.98. The molecule has 38 heavy (non-hydrogen) atoms. The minimum Gasteiger partial charge on any atom is -0.496 e. The summed E-state index contributed by atoms with van der Waals surface area (Å²) >= 11 is 11.9. The molecule has 3 N–H and O–H groups in total. The van der Waals surface area contributed by atoms with Gasteiger partial charge in [0.25, 0.3) is 11.8 Å². The van der Waals surface area contributed by atoms with Crippen LogP contribution in [0.25, 0.3) is 0 Å². The largest absolute Gasteiger partial charge is 0.496 e. The molecular weight excluding hydrogens is 535 g/mol. The molecule has 1 aromatic heterocycles. The van der Waals surface area contributed by atoms with E-state index < -0.39 is 17.7 Å². The fraction of sp³-hybridized carbons (Fsp3) is 0.231. The van der Waals surface area contributed by atoms with Gasteiger partial charge < -0.3 is 13.9 Å². The van der Waals surface area contributed by atoms with Gasteiger partial charge in [0.1, 0.15) is 17.3 Å². The maximum absolute atomic E-state index is 12.8. The molecule has 0 bridgehead atoms. The molecule has 0 saturated heterocycles. The van der Waals surface area contributed by atoms with Crippen LogP contribution < -0.4 is 25.8 Å². The van der Waals surface area contributed by atoms with Crippen molar-refractivity contribution in [3.8, 4) is 11.5 Å². The lowest BCUT2D eigenvalue weighted by atomic mass is 9.93. The van der Waals surface area contributed by atoms with Crippen LogP contribution in [0.15, 0.2) is 52.0 Å². The average molecular weight is 559 g/mol. The van der Waals surface area contributed by atoms with E-state index in [9.17, 15) is 14.4 Å². The van der Waals surface area contributed by atoms with Gasteiger partial charge in [0.05, 0.1) is 23.4 Å². The summed E-state index contributed by atoms with van der Waals surface area (Å²) in [7, 11) is 1.45. The highest BCUT2D eigenvalue weighted by Crippen LogP contribution is 2.30. The number of hydrogen-bond acceptors (Lipinski definition) is 7. The molecule has 0 spiro atoms. The Balaban J connectivity index is 1.40. The van der Waals surface area contributed by atoms with E-state index >= 15 is 0 Å². The van der Waals surface area contributed by atoms with Crippen molar-refractivity contribution in [1.29, 1.82) is 0 Å². The molecule has 0 saturated carbocycles. The summed E-state index contributed by atoms with van der Waals surface area (Å²) in [6.07, 6.45) is 1.89. The molecule has 0 aliphatic heterocycles. The van der Waals surface area contributed by atoms with Crippen LogP contribution in [0.5, 0.6) is 11.5 Å². The first kappa shape index (κ1) is 27.0. The highest BCUT2D eigenvalue weighted by Gasteiger charge is 2.28. The summed E-state index contributed by atoms with van der Waals surface area (Å²) in [5.41, 5.74) is 9.24. The predicted octanol–water partition coefficient (Wildman–Crippen LogP) is 4.21. The summed E-state index contributed by atoms with van der Waals surface area (Å²) < 4.78 is 16.4. The Morgan fingerprint density at radius 1 is 1.03 bits per heavy atom. The minimum absolute atomic E-state index is 0.0389. The SMILES string of the molecule is COc1ccccc1C(=O)NNC(=O)c1oc2c(c1C)/C(=N/NC(=O)COc1ccc(Cl)cc1Cl)CCC2. The number of nitrogens with zero attached hydrogens (tertiary/aromatic N) is 1. The number of benzene rings is 2. The van der Waals surface area contributed by atoms with Crippen molar-refractivity contribution in [3.05, 3.63) is 80.7 Å². The van der Waals surface area contributed by atoms with Gasteiger partial charge in [-0.2, -0.15) is 5.10 Å². The van der Waals surface area contributed by atoms with E-state index in [-0.39, 0.29) is 23.0 Å². The molecule has 0 fully saturated rings. The van der Waals surface area contributed by atoms with Crippen molar-refractivity contribution in [2.45, 2.75) is 26.2 Å². The number of furan rings is 1. The van der Waals surface area contributed by atoms with Crippen LogP contribution in [0.3, 0.4) is 0 Å². The lowest BCUT2D eigenvalue weighted by Gasteiger charge is -2.13. The number of fused-ring (bicyclic) bond motifs is 1. The van der Waals surface area contributed by atoms with Crippen LogP contribution in [0.4, 0.5) is 0 Å². The number of carbonyl (C=O) groups excluding carboxylic acids is 3. The monoisotopic (exact) mass is 558 g/mol. The summed E-state index contributed by atoms with van der Waals surface area (Å²) in [5.74, 6) is -0.363. The smallest absolute Gasteiger partial charge is 0.305 e. The van der Waals surface area contributed by atoms with Crippen LogP contribution in [-0.2, 0) is 11.2 Å². The molecule has 1 heterocycles. The number of nitrogens with one attached hydrogen (secondary N) is 3. The van der Waals surface area contributed by atoms with Crippen molar-refractivity contribution < 1.29 is 28.3 Å². The molecule has 10 nitrogen and oxygen atoms in total. The van der Waals surface area contributed by atoms with Gasteiger partial charge in [-0.25, -0.2) is 5.43 Å². The predicted molar refractivity (Wildman–Crippen MR) is 141 cm³/mol. The van der Waals surface area contributed by atoms with E-state index in [0.29, 0.717) is 52.0 Å². The van der Waals surface area contributed by atoms with Gasteiger partial charge in [-0.3, -0.25) is 25.2 Å². The van der Waals surface area contributed by atoms with E-state index in [2.05, 4.69) is 21.4 Å². The average Bonchev–Trinajstić information content (AvgIpc) is 3.26. The molecule has 3 aromatic rings. The second-order valence-electron chi connectivity index (χ2n) is 8.27. The third kappa shape index (κ3) is 6.09. The van der Waals surface area contributed by atoms with E-state index in [0.717, 1.165) is 6.42 Å². The quantitative estimate of drug-likeness (QED) is 0.372. The highest BCUT2D eigenvalue weighted by atomic mass is 35.5. The Kier molecular flexibility index (Phi) is 8.55. The molecular formula is C26H24Cl2N4O6. The van der Waals surface area contributed by atoms with Gasteiger partial charge in [0.15, 0.2) is 12.4 Å². The Bertz CT molecular complexity index is 1420. The Labute approximate surface area is 228 Å². The van der Waals surface area contributed by atoms with Crippen molar-refractivity contribution >= 4 is 46.6 Å². The zero-order chi connectivity index (χ0) is 27.2. The number of carbonyl (C=O) groups is 3. The summed E-state index contributed by atoms with van der Waals surface area (Å²) in [6, 6.07) is 11.3. The summed E-state index contributed by atoms with van der Waals surface area (Å²) in [4.78, 5) is 37.6. The van der Waals surface area contributed by atoms with E-state index in [4.69, 9.17) is 37.1 Å². The number of hydrazone groups is 1. The lowest BCUT2D eigenvalue weighted by Crippen LogP contribution is -2.41. The molecule has 12 heteroatoms. The normalized spacial score (nSPS) is 13.4. The van der Waals surface area contributed by atoms with Gasteiger partial charge in [-0.1, -0.05) is 35.3 Å². The number of methoxy groups -OCH3 is 1. The molecule has 2 aromatic carbocycles. The minimum atomic E-state index is -0.628. The molecule has 0 atom stereocenters. The molecule has 1 aliphatic rings. The maximum Gasteiger partial charge on any atom is 0.305 e. The van der Waals surface area contributed by atoms with Crippen LogP contribution in [0.2, 0.25) is 10.0 Å². The molecule has 4 rings (SSSR count). The van der Waals surface area contributed by atoms with Crippen LogP contribution in [-0.4, -0.2) is 37.1 Å². The number of amides is 3. The summed E-state index contributed by atoms with van der Waals surface area (Å²) in [6.45, 7) is 1.41. The first-order valence-electron chi connectivity index (χ1n) is 11.6. The second-order valence-corrected chi connectivity index (χ2v) is 9.12. The van der Waals surface area contributed by atoms with E-state index in [1.54, 1.807) is 43.3 Å². The van der Waals surface area contributed by atoms with E-state index in [1.807, 2.05) is 0 Å². The first-order chi connectivity index (χ1) is 18.3. The molecule has 198 valence electrons. The van der Waals surface area contributed by atoms with Gasteiger partial charge >= 0.3 is 5.91 Å². The number of aryl methyl sites for hydroxylation is 1. The molecule has 0 radical (unpaired) electrons. The fourth-order valence-electron chi connectivity index (χ4n) is 3.96. The lowest BCUT2D eigenvalue weighted by molar-refractivity contribution is -0.123. The van der Waals surface area contributed by atoms with Crippen LogP contribution >= 0.6 is 23.2 Å². The Morgan fingerprint density at radius 2 is 1.79 bits per heavy atom. The van der Waals surface area contributed by atoms with Gasteiger partial charge in [0, 0.05) is 22.6 Å². The first-order valence-corrected chi connectivity index (χ1v) is 12.3. The topological polar surface area (TPSA) is 131 Å². The van der Waals surface area contributed by atoms with Crippen molar-refractivity contribution in [1.82, 2.24) is 16.3 Å².